The smallest absolute Gasteiger partial charge is 0.387 e. The van der Waals surface area contributed by atoms with Gasteiger partial charge >= 0.3 is 6.61 Å². The summed E-state index contributed by atoms with van der Waals surface area (Å²) in [6.07, 6.45) is 0. The highest BCUT2D eigenvalue weighted by atomic mass is 19.3. The molecule has 1 aromatic carbocycles. The van der Waals surface area contributed by atoms with Crippen LogP contribution in [-0.4, -0.2) is 6.61 Å². The van der Waals surface area contributed by atoms with Crippen molar-refractivity contribution in [1.29, 1.82) is 0 Å². The minimum atomic E-state index is -3.09. The first kappa shape index (κ1) is 10.8. The monoisotopic (exact) mass is 209 g/mol. The molecule has 0 fully saturated rings. The molecule has 0 radical (unpaired) electrons. The fourth-order valence-electron chi connectivity index (χ4n) is 0.935. The average molecular weight is 209 g/mol. The van der Waals surface area contributed by atoms with Crippen molar-refractivity contribution in [2.24, 2.45) is 5.73 Å². The topological polar surface area (TPSA) is 35.2 Å². The van der Waals surface area contributed by atoms with Gasteiger partial charge in [-0.1, -0.05) is 0 Å². The molecular formula is C8H7F4NO. The van der Waals surface area contributed by atoms with E-state index in [-0.39, 0.29) is 12.1 Å². The molecule has 1 rings (SSSR count). The molecule has 14 heavy (non-hydrogen) atoms. The number of alkyl halides is 2. The van der Waals surface area contributed by atoms with Crippen LogP contribution in [0.25, 0.3) is 0 Å². The van der Waals surface area contributed by atoms with E-state index in [4.69, 9.17) is 5.73 Å². The molecule has 1 aromatic rings. The van der Waals surface area contributed by atoms with E-state index in [1.54, 1.807) is 0 Å². The Morgan fingerprint density at radius 3 is 2.29 bits per heavy atom. The van der Waals surface area contributed by atoms with Gasteiger partial charge in [-0.05, 0) is 6.07 Å². The molecule has 0 aliphatic rings. The summed E-state index contributed by atoms with van der Waals surface area (Å²) in [5, 5.41) is 0. The highest BCUT2D eigenvalue weighted by molar-refractivity contribution is 5.34. The zero-order chi connectivity index (χ0) is 10.7. The number of benzene rings is 1. The number of rotatable bonds is 3. The van der Waals surface area contributed by atoms with E-state index in [9.17, 15) is 17.6 Å². The molecule has 0 atom stereocenters. The lowest BCUT2D eigenvalue weighted by molar-refractivity contribution is -0.0506. The van der Waals surface area contributed by atoms with Crippen LogP contribution in [0.15, 0.2) is 12.1 Å². The zero-order valence-corrected chi connectivity index (χ0v) is 6.94. The third-order valence-electron chi connectivity index (χ3n) is 1.54. The second-order valence-electron chi connectivity index (χ2n) is 2.46. The maximum absolute atomic E-state index is 12.6. The predicted octanol–water partition coefficient (Wildman–Crippen LogP) is 2.02. The van der Waals surface area contributed by atoms with Crippen molar-refractivity contribution in [3.63, 3.8) is 0 Å². The Morgan fingerprint density at radius 1 is 1.21 bits per heavy atom. The van der Waals surface area contributed by atoms with Crippen molar-refractivity contribution in [2.45, 2.75) is 13.2 Å². The lowest BCUT2D eigenvalue weighted by atomic mass is 10.2. The molecule has 78 valence electrons. The average Bonchev–Trinajstić information content (AvgIpc) is 2.10. The molecule has 0 amide bonds. The second kappa shape index (κ2) is 4.28. The molecule has 0 heterocycles. The molecular weight excluding hydrogens is 202 g/mol. The van der Waals surface area contributed by atoms with Gasteiger partial charge in [-0.15, -0.1) is 0 Å². The SMILES string of the molecule is NCc1cc(F)c(F)cc1OC(F)F. The van der Waals surface area contributed by atoms with Crippen molar-refractivity contribution in [2.75, 3.05) is 0 Å². The van der Waals surface area contributed by atoms with Gasteiger partial charge in [0.2, 0.25) is 0 Å². The molecule has 0 saturated carbocycles. The Bertz CT molecular complexity index is 329. The first-order chi connectivity index (χ1) is 6.54. The Balaban J connectivity index is 3.07. The summed E-state index contributed by atoms with van der Waals surface area (Å²) in [6.45, 7) is -3.30. The number of hydrogen-bond donors (Lipinski definition) is 1. The summed E-state index contributed by atoms with van der Waals surface area (Å²) >= 11 is 0. The molecule has 6 heteroatoms. The third kappa shape index (κ3) is 2.35. The Kier molecular flexibility index (Phi) is 3.29. The van der Waals surface area contributed by atoms with Gasteiger partial charge in [0.1, 0.15) is 5.75 Å². The maximum Gasteiger partial charge on any atom is 0.387 e. The Labute approximate surface area is 77.3 Å². The third-order valence-corrected chi connectivity index (χ3v) is 1.54. The number of ether oxygens (including phenoxy) is 1. The van der Waals surface area contributed by atoms with E-state index in [2.05, 4.69) is 4.74 Å². The fourth-order valence-corrected chi connectivity index (χ4v) is 0.935. The highest BCUT2D eigenvalue weighted by Crippen LogP contribution is 2.23. The van der Waals surface area contributed by atoms with Gasteiger partial charge in [-0.3, -0.25) is 0 Å². The van der Waals surface area contributed by atoms with Gasteiger partial charge in [-0.25, -0.2) is 8.78 Å². The van der Waals surface area contributed by atoms with Crippen molar-refractivity contribution in [1.82, 2.24) is 0 Å². The normalized spacial score (nSPS) is 10.7. The standard InChI is InChI=1S/C8H7F4NO/c9-5-1-4(3-13)7(2-6(5)10)14-8(11)12/h1-2,8H,3,13H2. The minimum Gasteiger partial charge on any atom is -0.434 e. The van der Waals surface area contributed by atoms with Gasteiger partial charge in [0.05, 0.1) is 0 Å². The van der Waals surface area contributed by atoms with Crippen molar-refractivity contribution >= 4 is 0 Å². The number of nitrogens with two attached hydrogens (primary N) is 1. The number of hydrogen-bond acceptors (Lipinski definition) is 2. The summed E-state index contributed by atoms with van der Waals surface area (Å²) in [5.41, 5.74) is 5.12. The molecule has 0 bridgehead atoms. The number of halogens is 4. The Hall–Kier alpha value is -1.30. The predicted molar refractivity (Wildman–Crippen MR) is 40.9 cm³/mol. The van der Waals surface area contributed by atoms with Gasteiger partial charge in [-0.2, -0.15) is 8.78 Å². The summed E-state index contributed by atoms with van der Waals surface area (Å²) in [4.78, 5) is 0. The second-order valence-corrected chi connectivity index (χ2v) is 2.46. The van der Waals surface area contributed by atoms with Gasteiger partial charge in [0.25, 0.3) is 0 Å². The van der Waals surface area contributed by atoms with E-state index in [1.807, 2.05) is 0 Å². The molecule has 0 unspecified atom stereocenters. The van der Waals surface area contributed by atoms with Crippen LogP contribution in [-0.2, 0) is 6.54 Å². The zero-order valence-electron chi connectivity index (χ0n) is 6.94. The van der Waals surface area contributed by atoms with E-state index < -0.39 is 24.0 Å². The van der Waals surface area contributed by atoms with Crippen LogP contribution in [0.4, 0.5) is 17.6 Å². The Morgan fingerprint density at radius 2 is 1.79 bits per heavy atom. The molecule has 0 saturated heterocycles. The van der Waals surface area contributed by atoms with Crippen LogP contribution in [0.3, 0.4) is 0 Å². The van der Waals surface area contributed by atoms with Gasteiger partial charge in [0, 0.05) is 18.2 Å². The summed E-state index contributed by atoms with van der Waals surface area (Å²) in [5.74, 6) is -2.84. The highest BCUT2D eigenvalue weighted by Gasteiger charge is 2.13. The van der Waals surface area contributed by atoms with Crippen LogP contribution in [0.2, 0.25) is 0 Å². The van der Waals surface area contributed by atoms with Gasteiger partial charge < -0.3 is 10.5 Å². The maximum atomic E-state index is 12.6. The molecule has 0 aliphatic carbocycles. The molecule has 2 nitrogen and oxygen atoms in total. The van der Waals surface area contributed by atoms with E-state index >= 15 is 0 Å². The van der Waals surface area contributed by atoms with Crippen LogP contribution < -0.4 is 10.5 Å². The summed E-state index contributed by atoms with van der Waals surface area (Å²) in [6, 6.07) is 1.27. The lowest BCUT2D eigenvalue weighted by Crippen LogP contribution is -2.08. The first-order valence-corrected chi connectivity index (χ1v) is 3.67. The molecule has 2 N–H and O–H groups in total. The van der Waals surface area contributed by atoms with Crippen molar-refractivity contribution < 1.29 is 22.3 Å². The van der Waals surface area contributed by atoms with Crippen molar-refractivity contribution in [3.8, 4) is 5.75 Å². The molecule has 0 aromatic heterocycles. The van der Waals surface area contributed by atoms with Gasteiger partial charge in [0.15, 0.2) is 11.6 Å². The fraction of sp³-hybridized carbons (Fsp3) is 0.250. The van der Waals surface area contributed by atoms with Crippen LogP contribution in [0.1, 0.15) is 5.56 Å². The minimum absolute atomic E-state index is 0.0100. The van der Waals surface area contributed by atoms with E-state index in [0.29, 0.717) is 6.07 Å². The van der Waals surface area contributed by atoms with Crippen LogP contribution in [0.5, 0.6) is 5.75 Å². The first-order valence-electron chi connectivity index (χ1n) is 3.67. The summed E-state index contributed by atoms with van der Waals surface area (Å²) < 4.78 is 52.7. The van der Waals surface area contributed by atoms with E-state index in [0.717, 1.165) is 6.07 Å². The van der Waals surface area contributed by atoms with E-state index in [1.165, 1.54) is 0 Å². The van der Waals surface area contributed by atoms with Crippen LogP contribution in [0, 0.1) is 11.6 Å². The van der Waals surface area contributed by atoms with Crippen LogP contribution >= 0.6 is 0 Å². The molecule has 0 spiro atoms. The lowest BCUT2D eigenvalue weighted by Gasteiger charge is -2.09. The molecule has 0 aliphatic heterocycles. The summed E-state index contributed by atoms with van der Waals surface area (Å²) in [7, 11) is 0. The van der Waals surface area contributed by atoms with Crippen molar-refractivity contribution in [3.05, 3.63) is 29.3 Å². The quantitative estimate of drug-likeness (QED) is 0.773. The largest absolute Gasteiger partial charge is 0.434 e.